The number of pyridine rings is 1. The fraction of sp³-hybridized carbons (Fsp3) is 0.500. The Balaban J connectivity index is 2.16. The molecular formula is C10H14ClN3. The average Bonchev–Trinajstić information content (AvgIpc) is 2.20. The standard InChI is InChI=1S/C10H14ClN3/c11-10-5-4-8(7-13-10)9-3-1-2-6-14(9)12/h4-5,7,9H,1-3,6,12H2/t9-/m0/s1. The molecule has 4 heteroatoms. The van der Waals surface area contributed by atoms with Crippen LogP contribution in [0, 0.1) is 0 Å². The second-order valence-corrected chi connectivity index (χ2v) is 4.05. The van der Waals surface area contributed by atoms with E-state index in [1.54, 1.807) is 0 Å². The normalized spacial score (nSPS) is 23.7. The van der Waals surface area contributed by atoms with Gasteiger partial charge in [0.25, 0.3) is 0 Å². The Morgan fingerprint density at radius 3 is 2.93 bits per heavy atom. The highest BCUT2D eigenvalue weighted by molar-refractivity contribution is 6.29. The lowest BCUT2D eigenvalue weighted by Gasteiger charge is -2.31. The molecule has 0 radical (unpaired) electrons. The van der Waals surface area contributed by atoms with Gasteiger partial charge in [0.15, 0.2) is 0 Å². The average molecular weight is 212 g/mol. The van der Waals surface area contributed by atoms with Crippen molar-refractivity contribution in [3.05, 3.63) is 29.0 Å². The molecule has 1 saturated heterocycles. The van der Waals surface area contributed by atoms with E-state index in [1.807, 2.05) is 23.3 Å². The smallest absolute Gasteiger partial charge is 0.129 e. The molecule has 0 aromatic carbocycles. The van der Waals surface area contributed by atoms with Gasteiger partial charge >= 0.3 is 0 Å². The maximum atomic E-state index is 5.92. The molecule has 3 nitrogen and oxygen atoms in total. The van der Waals surface area contributed by atoms with Crippen LogP contribution in [0.15, 0.2) is 18.3 Å². The van der Waals surface area contributed by atoms with Crippen molar-refractivity contribution >= 4 is 11.6 Å². The SMILES string of the molecule is NN1CCCC[C@H]1c1ccc(Cl)nc1. The third kappa shape index (κ3) is 2.05. The third-order valence-electron chi connectivity index (χ3n) is 2.68. The van der Waals surface area contributed by atoms with Crippen molar-refractivity contribution in [2.75, 3.05) is 6.54 Å². The van der Waals surface area contributed by atoms with Gasteiger partial charge < -0.3 is 0 Å². The Bertz CT molecular complexity index is 299. The minimum Gasteiger partial charge on any atom is -0.268 e. The van der Waals surface area contributed by atoms with Crippen molar-refractivity contribution in [3.63, 3.8) is 0 Å². The van der Waals surface area contributed by atoms with Crippen LogP contribution < -0.4 is 5.84 Å². The lowest BCUT2D eigenvalue weighted by atomic mass is 9.98. The molecule has 0 amide bonds. The lowest BCUT2D eigenvalue weighted by molar-refractivity contribution is 0.151. The van der Waals surface area contributed by atoms with Gasteiger partial charge in [0.05, 0.1) is 6.04 Å². The predicted octanol–water partition coefficient (Wildman–Crippen LogP) is 2.14. The fourth-order valence-corrected chi connectivity index (χ4v) is 2.01. The fourth-order valence-electron chi connectivity index (χ4n) is 1.90. The Kier molecular flexibility index (Phi) is 3.01. The van der Waals surface area contributed by atoms with Gasteiger partial charge in [-0.05, 0) is 24.5 Å². The van der Waals surface area contributed by atoms with Crippen LogP contribution in [0.5, 0.6) is 0 Å². The van der Waals surface area contributed by atoms with Crippen LogP contribution in [0.1, 0.15) is 30.9 Å². The van der Waals surface area contributed by atoms with E-state index < -0.39 is 0 Å². The summed E-state index contributed by atoms with van der Waals surface area (Å²) in [5.74, 6) is 5.92. The number of halogens is 1. The van der Waals surface area contributed by atoms with Crippen LogP contribution in [0.25, 0.3) is 0 Å². The summed E-state index contributed by atoms with van der Waals surface area (Å²) in [4.78, 5) is 4.07. The van der Waals surface area contributed by atoms with Crippen LogP contribution in [0.4, 0.5) is 0 Å². The molecule has 0 bridgehead atoms. The largest absolute Gasteiger partial charge is 0.268 e. The highest BCUT2D eigenvalue weighted by atomic mass is 35.5. The monoisotopic (exact) mass is 211 g/mol. The summed E-state index contributed by atoms with van der Waals surface area (Å²) in [6, 6.07) is 4.14. The van der Waals surface area contributed by atoms with Crippen molar-refractivity contribution in [3.8, 4) is 0 Å². The maximum Gasteiger partial charge on any atom is 0.129 e. The maximum absolute atomic E-state index is 5.92. The number of aromatic nitrogens is 1. The molecule has 1 aromatic heterocycles. The first kappa shape index (κ1) is 9.90. The first-order valence-electron chi connectivity index (χ1n) is 4.90. The Morgan fingerprint density at radius 1 is 1.43 bits per heavy atom. The second kappa shape index (κ2) is 4.26. The molecule has 0 spiro atoms. The first-order chi connectivity index (χ1) is 6.77. The second-order valence-electron chi connectivity index (χ2n) is 3.66. The number of hydrazine groups is 1. The highest BCUT2D eigenvalue weighted by Crippen LogP contribution is 2.27. The van der Waals surface area contributed by atoms with E-state index in [4.69, 9.17) is 17.4 Å². The minimum atomic E-state index is 0.313. The Labute approximate surface area is 88.8 Å². The van der Waals surface area contributed by atoms with Crippen LogP contribution in [0.2, 0.25) is 5.15 Å². The molecule has 0 unspecified atom stereocenters. The number of nitrogens with zero attached hydrogens (tertiary/aromatic N) is 2. The first-order valence-corrected chi connectivity index (χ1v) is 5.28. The van der Waals surface area contributed by atoms with Crippen molar-refractivity contribution in [2.24, 2.45) is 5.84 Å². The molecule has 1 aliphatic heterocycles. The van der Waals surface area contributed by atoms with Crippen LogP contribution in [0.3, 0.4) is 0 Å². The van der Waals surface area contributed by atoms with Gasteiger partial charge in [-0.2, -0.15) is 0 Å². The molecule has 2 N–H and O–H groups in total. The van der Waals surface area contributed by atoms with E-state index in [2.05, 4.69) is 4.98 Å². The molecule has 2 heterocycles. The van der Waals surface area contributed by atoms with Gasteiger partial charge in [-0.15, -0.1) is 0 Å². The zero-order valence-corrected chi connectivity index (χ0v) is 8.74. The summed E-state index contributed by atoms with van der Waals surface area (Å²) in [5.41, 5.74) is 1.16. The lowest BCUT2D eigenvalue weighted by Crippen LogP contribution is -2.38. The Hall–Kier alpha value is -0.640. The van der Waals surface area contributed by atoms with Crippen molar-refractivity contribution < 1.29 is 0 Å². The summed E-state index contributed by atoms with van der Waals surface area (Å²) >= 11 is 5.73. The predicted molar refractivity (Wildman–Crippen MR) is 56.7 cm³/mol. The van der Waals surface area contributed by atoms with Crippen LogP contribution >= 0.6 is 11.6 Å². The summed E-state index contributed by atoms with van der Waals surface area (Å²) in [7, 11) is 0. The van der Waals surface area contributed by atoms with Crippen LogP contribution in [-0.4, -0.2) is 16.5 Å². The van der Waals surface area contributed by atoms with E-state index in [0.717, 1.165) is 18.5 Å². The topological polar surface area (TPSA) is 42.1 Å². The van der Waals surface area contributed by atoms with E-state index in [-0.39, 0.29) is 0 Å². The number of hydrogen-bond acceptors (Lipinski definition) is 3. The summed E-state index contributed by atoms with van der Waals surface area (Å²) in [6.07, 6.45) is 5.35. The molecule has 1 atom stereocenters. The van der Waals surface area contributed by atoms with E-state index in [1.165, 1.54) is 12.8 Å². The summed E-state index contributed by atoms with van der Waals surface area (Å²) in [6.45, 7) is 0.966. The Morgan fingerprint density at radius 2 is 2.29 bits per heavy atom. The zero-order valence-electron chi connectivity index (χ0n) is 7.99. The molecule has 14 heavy (non-hydrogen) atoms. The van der Waals surface area contributed by atoms with Gasteiger partial charge in [0.1, 0.15) is 5.15 Å². The molecule has 76 valence electrons. The van der Waals surface area contributed by atoms with Gasteiger partial charge in [-0.1, -0.05) is 24.1 Å². The quantitative estimate of drug-likeness (QED) is 0.572. The van der Waals surface area contributed by atoms with Crippen molar-refractivity contribution in [1.82, 2.24) is 9.99 Å². The van der Waals surface area contributed by atoms with E-state index in [9.17, 15) is 0 Å². The van der Waals surface area contributed by atoms with Gasteiger partial charge in [0, 0.05) is 12.7 Å². The highest BCUT2D eigenvalue weighted by Gasteiger charge is 2.21. The van der Waals surface area contributed by atoms with Crippen molar-refractivity contribution in [2.45, 2.75) is 25.3 Å². The molecular weight excluding hydrogens is 198 g/mol. The number of hydrogen-bond donors (Lipinski definition) is 1. The molecule has 1 aromatic rings. The minimum absolute atomic E-state index is 0.313. The van der Waals surface area contributed by atoms with Crippen molar-refractivity contribution in [1.29, 1.82) is 0 Å². The van der Waals surface area contributed by atoms with Crippen LogP contribution in [-0.2, 0) is 0 Å². The van der Waals surface area contributed by atoms with E-state index in [0.29, 0.717) is 11.2 Å². The van der Waals surface area contributed by atoms with Gasteiger partial charge in [-0.3, -0.25) is 5.84 Å². The van der Waals surface area contributed by atoms with Gasteiger partial charge in [0.2, 0.25) is 0 Å². The third-order valence-corrected chi connectivity index (χ3v) is 2.90. The van der Waals surface area contributed by atoms with E-state index >= 15 is 0 Å². The van der Waals surface area contributed by atoms with Gasteiger partial charge in [-0.25, -0.2) is 9.99 Å². The summed E-state index contributed by atoms with van der Waals surface area (Å²) < 4.78 is 0. The number of nitrogens with two attached hydrogens (primary N) is 1. The molecule has 0 aliphatic carbocycles. The molecule has 0 saturated carbocycles. The number of rotatable bonds is 1. The molecule has 1 fully saturated rings. The summed E-state index contributed by atoms with van der Waals surface area (Å²) in [5, 5.41) is 2.43. The zero-order chi connectivity index (χ0) is 9.97. The molecule has 1 aliphatic rings. The molecule has 2 rings (SSSR count). The number of piperidine rings is 1.